The third-order valence-electron chi connectivity index (χ3n) is 2.31. The van der Waals surface area contributed by atoms with Crippen LogP contribution >= 0.6 is 0 Å². The first-order chi connectivity index (χ1) is 4.50. The Morgan fingerprint density at radius 3 is 2.20 bits per heavy atom. The van der Waals surface area contributed by atoms with Crippen LogP contribution in [0.1, 0.15) is 27.2 Å². The van der Waals surface area contributed by atoms with Gasteiger partial charge in [0.05, 0.1) is 0 Å². The number of hydrogen-bond donors (Lipinski definition) is 0. The van der Waals surface area contributed by atoms with E-state index in [-0.39, 0.29) is 0 Å². The van der Waals surface area contributed by atoms with Crippen molar-refractivity contribution in [2.45, 2.75) is 27.2 Å². The Bertz CT molecular complexity index is 117. The molecular weight excluding hydrogens is 144 g/mol. The Balaban J connectivity index is 2.45. The summed E-state index contributed by atoms with van der Waals surface area (Å²) < 4.78 is 11.0. The largest absolute Gasteiger partial charge is 0.616 e. The van der Waals surface area contributed by atoms with Crippen LogP contribution in [-0.4, -0.2) is 16.1 Å². The van der Waals surface area contributed by atoms with Crippen LogP contribution in [0.15, 0.2) is 0 Å². The minimum absolute atomic E-state index is 0.367. The third-order valence-corrected chi connectivity index (χ3v) is 3.77. The fraction of sp³-hybridized carbons (Fsp3) is 1.00. The molecule has 1 aliphatic heterocycles. The molecule has 2 heteroatoms. The van der Waals surface area contributed by atoms with Crippen molar-refractivity contribution in [1.29, 1.82) is 0 Å². The van der Waals surface area contributed by atoms with E-state index in [9.17, 15) is 4.55 Å². The van der Waals surface area contributed by atoms with Crippen LogP contribution in [-0.2, 0) is 11.2 Å². The van der Waals surface area contributed by atoms with Gasteiger partial charge >= 0.3 is 0 Å². The molecule has 0 spiro atoms. The molecule has 0 aromatic carbocycles. The monoisotopic (exact) mass is 160 g/mol. The van der Waals surface area contributed by atoms with Gasteiger partial charge in [0.2, 0.25) is 0 Å². The highest BCUT2D eigenvalue weighted by atomic mass is 32.2. The summed E-state index contributed by atoms with van der Waals surface area (Å²) in [5.74, 6) is 2.55. The highest BCUT2D eigenvalue weighted by molar-refractivity contribution is 7.91. The van der Waals surface area contributed by atoms with Crippen molar-refractivity contribution in [3.8, 4) is 0 Å². The van der Waals surface area contributed by atoms with Gasteiger partial charge in [0.1, 0.15) is 11.5 Å². The summed E-state index contributed by atoms with van der Waals surface area (Å²) in [6, 6.07) is 0. The zero-order valence-corrected chi connectivity index (χ0v) is 7.83. The van der Waals surface area contributed by atoms with Crippen molar-refractivity contribution in [1.82, 2.24) is 0 Å². The van der Waals surface area contributed by atoms with Crippen LogP contribution in [0.4, 0.5) is 0 Å². The van der Waals surface area contributed by atoms with Crippen molar-refractivity contribution in [3.63, 3.8) is 0 Å². The predicted molar refractivity (Wildman–Crippen MR) is 45.4 cm³/mol. The SMILES string of the molecule is CC(C)(C)C1CC[S+]([O-])C1. The predicted octanol–water partition coefficient (Wildman–Crippen LogP) is 1.80. The molecule has 1 fully saturated rings. The minimum atomic E-state index is -0.499. The molecule has 1 saturated heterocycles. The second-order valence-corrected chi connectivity index (χ2v) is 5.78. The lowest BCUT2D eigenvalue weighted by Gasteiger charge is -2.23. The maximum Gasteiger partial charge on any atom is 0.109 e. The van der Waals surface area contributed by atoms with Crippen LogP contribution in [0.3, 0.4) is 0 Å². The molecule has 0 aliphatic carbocycles. The molecule has 0 aromatic rings. The van der Waals surface area contributed by atoms with Crippen LogP contribution in [0.5, 0.6) is 0 Å². The Hall–Kier alpha value is 0.310. The fourth-order valence-corrected chi connectivity index (χ4v) is 3.18. The van der Waals surface area contributed by atoms with Crippen LogP contribution in [0, 0.1) is 11.3 Å². The molecule has 1 aliphatic rings. The average molecular weight is 160 g/mol. The number of hydrogen-bond acceptors (Lipinski definition) is 1. The van der Waals surface area contributed by atoms with Crippen molar-refractivity contribution < 1.29 is 4.55 Å². The van der Waals surface area contributed by atoms with E-state index in [2.05, 4.69) is 20.8 Å². The van der Waals surface area contributed by atoms with Gasteiger partial charge in [-0.05, 0) is 11.8 Å². The molecule has 0 N–H and O–H groups in total. The zero-order chi connectivity index (χ0) is 7.78. The Kier molecular flexibility index (Phi) is 2.31. The molecule has 0 radical (unpaired) electrons. The molecule has 0 amide bonds. The topological polar surface area (TPSA) is 23.1 Å². The first-order valence-electron chi connectivity index (χ1n) is 3.85. The molecule has 1 heterocycles. The van der Waals surface area contributed by atoms with Gasteiger partial charge < -0.3 is 4.55 Å². The molecule has 1 rings (SSSR count). The van der Waals surface area contributed by atoms with Gasteiger partial charge in [-0.15, -0.1) is 0 Å². The normalized spacial score (nSPS) is 34.8. The Labute approximate surface area is 66.4 Å². The van der Waals surface area contributed by atoms with E-state index in [1.807, 2.05) is 0 Å². The molecular formula is C8H16OS. The molecule has 0 saturated carbocycles. The number of rotatable bonds is 0. The summed E-state index contributed by atoms with van der Waals surface area (Å²) in [7, 11) is 0. The van der Waals surface area contributed by atoms with Crippen LogP contribution in [0.25, 0.3) is 0 Å². The molecule has 1 nitrogen and oxygen atoms in total. The van der Waals surface area contributed by atoms with Crippen molar-refractivity contribution in [2.75, 3.05) is 11.5 Å². The van der Waals surface area contributed by atoms with E-state index in [1.165, 1.54) is 0 Å². The fourth-order valence-electron chi connectivity index (χ4n) is 1.35. The van der Waals surface area contributed by atoms with E-state index >= 15 is 0 Å². The highest BCUT2D eigenvalue weighted by Gasteiger charge is 2.34. The van der Waals surface area contributed by atoms with Gasteiger partial charge in [0.25, 0.3) is 0 Å². The Morgan fingerprint density at radius 2 is 2.00 bits per heavy atom. The van der Waals surface area contributed by atoms with Crippen molar-refractivity contribution in [3.05, 3.63) is 0 Å². The zero-order valence-electron chi connectivity index (χ0n) is 7.02. The van der Waals surface area contributed by atoms with Crippen LogP contribution in [0.2, 0.25) is 0 Å². The summed E-state index contributed by atoms with van der Waals surface area (Å²) >= 11 is -0.499. The van der Waals surface area contributed by atoms with Crippen molar-refractivity contribution in [2.24, 2.45) is 11.3 Å². The van der Waals surface area contributed by atoms with Gasteiger partial charge in [-0.1, -0.05) is 31.9 Å². The molecule has 10 heavy (non-hydrogen) atoms. The maximum atomic E-state index is 11.0. The Morgan fingerprint density at radius 1 is 1.40 bits per heavy atom. The lowest BCUT2D eigenvalue weighted by atomic mass is 9.81. The lowest BCUT2D eigenvalue weighted by Crippen LogP contribution is -2.21. The highest BCUT2D eigenvalue weighted by Crippen LogP contribution is 2.34. The summed E-state index contributed by atoms with van der Waals surface area (Å²) in [4.78, 5) is 0. The van der Waals surface area contributed by atoms with E-state index in [0.29, 0.717) is 11.3 Å². The smallest absolute Gasteiger partial charge is 0.109 e. The summed E-state index contributed by atoms with van der Waals surface area (Å²) in [5, 5.41) is 0. The van der Waals surface area contributed by atoms with Gasteiger partial charge in [-0.2, -0.15) is 0 Å². The standard InChI is InChI=1S/C8H16OS/c1-8(2,3)7-4-5-10(9)6-7/h7H,4-6H2,1-3H3. The van der Waals surface area contributed by atoms with Crippen molar-refractivity contribution >= 4 is 11.2 Å². The second kappa shape index (κ2) is 2.74. The van der Waals surface area contributed by atoms with E-state index in [4.69, 9.17) is 0 Å². The summed E-state index contributed by atoms with van der Waals surface area (Å²) in [5.41, 5.74) is 0.367. The quantitative estimate of drug-likeness (QED) is 0.496. The first-order valence-corrected chi connectivity index (χ1v) is 5.34. The van der Waals surface area contributed by atoms with E-state index < -0.39 is 11.2 Å². The van der Waals surface area contributed by atoms with E-state index in [0.717, 1.165) is 17.9 Å². The minimum Gasteiger partial charge on any atom is -0.616 e. The van der Waals surface area contributed by atoms with Gasteiger partial charge in [0, 0.05) is 5.92 Å². The molecule has 2 atom stereocenters. The maximum absolute atomic E-state index is 11.0. The lowest BCUT2D eigenvalue weighted by molar-refractivity contribution is 0.268. The first kappa shape index (κ1) is 8.41. The van der Waals surface area contributed by atoms with Gasteiger partial charge in [0.15, 0.2) is 0 Å². The summed E-state index contributed by atoms with van der Waals surface area (Å²) in [6.07, 6.45) is 1.16. The molecule has 0 bridgehead atoms. The van der Waals surface area contributed by atoms with Gasteiger partial charge in [-0.25, -0.2) is 0 Å². The molecule has 60 valence electrons. The van der Waals surface area contributed by atoms with E-state index in [1.54, 1.807) is 0 Å². The third kappa shape index (κ3) is 1.89. The molecule has 0 aromatic heterocycles. The average Bonchev–Trinajstić information content (AvgIpc) is 2.11. The molecule has 2 unspecified atom stereocenters. The van der Waals surface area contributed by atoms with Crippen LogP contribution < -0.4 is 0 Å². The summed E-state index contributed by atoms with van der Waals surface area (Å²) in [6.45, 7) is 6.71. The second-order valence-electron chi connectivity index (χ2n) is 4.16. The van der Waals surface area contributed by atoms with Gasteiger partial charge in [-0.3, -0.25) is 0 Å².